The molecule has 3 heterocycles. The SMILES string of the molecule is OCc1cn2cnc(-c3cncnc3)c2s1. The molecule has 6 heteroatoms. The molecule has 0 radical (unpaired) electrons. The number of fused-ring (bicyclic) bond motifs is 1. The van der Waals surface area contributed by atoms with E-state index in [4.69, 9.17) is 5.11 Å². The van der Waals surface area contributed by atoms with Crippen LogP contribution in [0.15, 0.2) is 31.2 Å². The molecule has 0 unspecified atom stereocenters. The number of nitrogens with zero attached hydrogens (tertiary/aromatic N) is 4. The van der Waals surface area contributed by atoms with E-state index in [2.05, 4.69) is 15.0 Å². The molecule has 3 rings (SSSR count). The normalized spacial score (nSPS) is 11.1. The topological polar surface area (TPSA) is 63.3 Å². The van der Waals surface area contributed by atoms with Gasteiger partial charge in [0.2, 0.25) is 0 Å². The Morgan fingerprint density at radius 1 is 1.31 bits per heavy atom. The quantitative estimate of drug-likeness (QED) is 0.724. The number of rotatable bonds is 2. The fourth-order valence-corrected chi connectivity index (χ4v) is 2.49. The van der Waals surface area contributed by atoms with Gasteiger partial charge in [0.1, 0.15) is 23.2 Å². The minimum Gasteiger partial charge on any atom is -0.391 e. The van der Waals surface area contributed by atoms with E-state index in [1.165, 1.54) is 17.7 Å². The van der Waals surface area contributed by atoms with Crippen LogP contribution < -0.4 is 0 Å². The number of thiazole rings is 1. The number of hydrogen-bond donors (Lipinski definition) is 1. The fraction of sp³-hybridized carbons (Fsp3) is 0.100. The van der Waals surface area contributed by atoms with Gasteiger partial charge < -0.3 is 5.11 Å². The van der Waals surface area contributed by atoms with Gasteiger partial charge in [0.25, 0.3) is 0 Å². The van der Waals surface area contributed by atoms with Gasteiger partial charge in [-0.3, -0.25) is 4.40 Å². The molecule has 0 aliphatic rings. The summed E-state index contributed by atoms with van der Waals surface area (Å²) in [5.41, 5.74) is 1.74. The average Bonchev–Trinajstić information content (AvgIpc) is 2.88. The Balaban J connectivity index is 2.20. The van der Waals surface area contributed by atoms with Crippen LogP contribution in [0.5, 0.6) is 0 Å². The zero-order valence-electron chi connectivity index (χ0n) is 8.24. The molecule has 0 bridgehead atoms. The number of imidazole rings is 1. The molecule has 0 saturated heterocycles. The predicted octanol–water partition coefficient (Wildman–Crippen LogP) is 1.35. The van der Waals surface area contributed by atoms with Gasteiger partial charge in [-0.15, -0.1) is 11.3 Å². The van der Waals surface area contributed by atoms with Crippen LogP contribution in [0.25, 0.3) is 16.1 Å². The van der Waals surface area contributed by atoms with Crippen molar-refractivity contribution in [2.75, 3.05) is 0 Å². The maximum atomic E-state index is 9.07. The summed E-state index contributed by atoms with van der Waals surface area (Å²) < 4.78 is 1.90. The van der Waals surface area contributed by atoms with Gasteiger partial charge in [0.15, 0.2) is 0 Å². The Labute approximate surface area is 95.1 Å². The lowest BCUT2D eigenvalue weighted by atomic mass is 10.3. The maximum absolute atomic E-state index is 9.07. The van der Waals surface area contributed by atoms with Gasteiger partial charge in [0, 0.05) is 29.0 Å². The highest BCUT2D eigenvalue weighted by molar-refractivity contribution is 7.17. The summed E-state index contributed by atoms with van der Waals surface area (Å²) in [6.07, 6.45) is 8.55. The maximum Gasteiger partial charge on any atom is 0.128 e. The molecule has 3 aromatic heterocycles. The second-order valence-corrected chi connectivity index (χ2v) is 4.40. The molecule has 0 aromatic carbocycles. The molecule has 0 spiro atoms. The second kappa shape index (κ2) is 3.66. The summed E-state index contributed by atoms with van der Waals surface area (Å²) in [6, 6.07) is 0. The van der Waals surface area contributed by atoms with E-state index >= 15 is 0 Å². The predicted molar refractivity (Wildman–Crippen MR) is 60.0 cm³/mol. The third-order valence-electron chi connectivity index (χ3n) is 2.25. The van der Waals surface area contributed by atoms with Crippen molar-refractivity contribution < 1.29 is 5.11 Å². The smallest absolute Gasteiger partial charge is 0.128 e. The van der Waals surface area contributed by atoms with Crippen molar-refractivity contribution in [3.63, 3.8) is 0 Å². The van der Waals surface area contributed by atoms with Crippen molar-refractivity contribution in [1.29, 1.82) is 0 Å². The van der Waals surface area contributed by atoms with E-state index < -0.39 is 0 Å². The van der Waals surface area contributed by atoms with Crippen LogP contribution >= 0.6 is 11.3 Å². The minimum atomic E-state index is 0.0527. The lowest BCUT2D eigenvalue weighted by molar-refractivity contribution is 0.285. The third kappa shape index (κ3) is 1.39. The van der Waals surface area contributed by atoms with Crippen LogP contribution in [-0.4, -0.2) is 24.5 Å². The van der Waals surface area contributed by atoms with Crippen LogP contribution in [0.1, 0.15) is 4.88 Å². The van der Waals surface area contributed by atoms with E-state index in [0.29, 0.717) is 0 Å². The molecule has 0 saturated carbocycles. The minimum absolute atomic E-state index is 0.0527. The van der Waals surface area contributed by atoms with Crippen molar-refractivity contribution in [2.24, 2.45) is 0 Å². The summed E-state index contributed by atoms with van der Waals surface area (Å²) in [4.78, 5) is 14.2. The molecule has 1 N–H and O–H groups in total. The molecule has 0 aliphatic carbocycles. The first-order valence-corrected chi connectivity index (χ1v) is 5.52. The highest BCUT2D eigenvalue weighted by atomic mass is 32.1. The zero-order valence-corrected chi connectivity index (χ0v) is 9.05. The molecule has 16 heavy (non-hydrogen) atoms. The third-order valence-corrected chi connectivity index (χ3v) is 3.34. The van der Waals surface area contributed by atoms with Gasteiger partial charge in [-0.05, 0) is 0 Å². The summed E-state index contributed by atoms with van der Waals surface area (Å²) in [5.74, 6) is 0. The van der Waals surface area contributed by atoms with Crippen molar-refractivity contribution in [2.45, 2.75) is 6.61 Å². The molecule has 0 fully saturated rings. The summed E-state index contributed by atoms with van der Waals surface area (Å²) >= 11 is 1.52. The summed E-state index contributed by atoms with van der Waals surface area (Å²) in [7, 11) is 0. The highest BCUT2D eigenvalue weighted by Crippen LogP contribution is 2.27. The van der Waals surface area contributed by atoms with Crippen LogP contribution in [0.4, 0.5) is 0 Å². The van der Waals surface area contributed by atoms with Gasteiger partial charge in [0.05, 0.1) is 6.61 Å². The zero-order chi connectivity index (χ0) is 11.0. The van der Waals surface area contributed by atoms with E-state index in [9.17, 15) is 0 Å². The summed E-state index contributed by atoms with van der Waals surface area (Å²) in [5, 5.41) is 9.07. The lowest BCUT2D eigenvalue weighted by Crippen LogP contribution is -1.81. The first-order valence-electron chi connectivity index (χ1n) is 4.70. The molecule has 0 amide bonds. The van der Waals surface area contributed by atoms with Crippen LogP contribution in [-0.2, 0) is 6.61 Å². The van der Waals surface area contributed by atoms with Crippen molar-refractivity contribution in [1.82, 2.24) is 19.4 Å². The van der Waals surface area contributed by atoms with Gasteiger partial charge in [-0.1, -0.05) is 0 Å². The monoisotopic (exact) mass is 232 g/mol. The van der Waals surface area contributed by atoms with Crippen LogP contribution in [0, 0.1) is 0 Å². The van der Waals surface area contributed by atoms with E-state index in [1.54, 1.807) is 18.7 Å². The largest absolute Gasteiger partial charge is 0.391 e. The Bertz CT molecular complexity index is 616. The van der Waals surface area contributed by atoms with Gasteiger partial charge in [-0.2, -0.15) is 0 Å². The summed E-state index contributed by atoms with van der Waals surface area (Å²) in [6.45, 7) is 0.0527. The van der Waals surface area contributed by atoms with Crippen molar-refractivity contribution >= 4 is 16.2 Å². The molecule has 0 aliphatic heterocycles. The Morgan fingerprint density at radius 2 is 2.12 bits per heavy atom. The Morgan fingerprint density at radius 3 is 2.88 bits per heavy atom. The fourth-order valence-electron chi connectivity index (χ4n) is 1.54. The molecule has 3 aromatic rings. The average molecular weight is 232 g/mol. The van der Waals surface area contributed by atoms with Gasteiger partial charge in [-0.25, -0.2) is 15.0 Å². The molecular weight excluding hydrogens is 224 g/mol. The van der Waals surface area contributed by atoms with E-state index in [0.717, 1.165) is 21.0 Å². The number of aliphatic hydroxyl groups is 1. The van der Waals surface area contributed by atoms with Gasteiger partial charge >= 0.3 is 0 Å². The molecule has 80 valence electrons. The van der Waals surface area contributed by atoms with Crippen molar-refractivity contribution in [3.8, 4) is 11.3 Å². The number of aliphatic hydroxyl groups excluding tert-OH is 1. The number of aromatic nitrogens is 4. The standard InChI is InChI=1S/C10H8N4OS/c15-4-8-3-14-6-13-9(10(14)16-8)7-1-11-5-12-2-7/h1-3,5-6,15H,4H2. The Kier molecular flexibility index (Phi) is 2.16. The second-order valence-electron chi connectivity index (χ2n) is 3.29. The molecular formula is C10H8N4OS. The lowest BCUT2D eigenvalue weighted by Gasteiger charge is -1.93. The van der Waals surface area contributed by atoms with E-state index in [-0.39, 0.29) is 6.61 Å². The van der Waals surface area contributed by atoms with Crippen molar-refractivity contribution in [3.05, 3.63) is 36.1 Å². The highest BCUT2D eigenvalue weighted by Gasteiger charge is 2.10. The molecule has 5 nitrogen and oxygen atoms in total. The van der Waals surface area contributed by atoms with Crippen LogP contribution in [0.2, 0.25) is 0 Å². The Hall–Kier alpha value is -1.79. The first-order chi connectivity index (χ1) is 7.88. The van der Waals surface area contributed by atoms with Crippen LogP contribution in [0.3, 0.4) is 0 Å². The van der Waals surface area contributed by atoms with E-state index in [1.807, 2.05) is 10.6 Å². The molecule has 0 atom stereocenters. The number of hydrogen-bond acceptors (Lipinski definition) is 5. The first kappa shape index (κ1) is 9.44.